The smallest absolute Gasteiger partial charge is 0.270 e. The van der Waals surface area contributed by atoms with E-state index in [0.717, 1.165) is 16.6 Å². The molecule has 1 N–H and O–H groups in total. The minimum Gasteiger partial charge on any atom is -0.381 e. The van der Waals surface area contributed by atoms with Gasteiger partial charge in [0, 0.05) is 28.3 Å². The van der Waals surface area contributed by atoms with Gasteiger partial charge in [-0.05, 0) is 33.8 Å². The van der Waals surface area contributed by atoms with E-state index in [2.05, 4.69) is 35.1 Å². The standard InChI is InChI=1S/C11H13BrN2O2/c1-11(2)6-10(11)13-9-4-3-7(14(15)16)5-8(9)12/h3-5,10,13H,6H2,1-2H3. The molecule has 1 fully saturated rings. The Bertz CT molecular complexity index is 446. The first-order valence-corrected chi connectivity index (χ1v) is 5.90. The average Bonchev–Trinajstić information content (AvgIpc) is 2.77. The molecule has 1 aliphatic rings. The van der Waals surface area contributed by atoms with E-state index in [1.165, 1.54) is 12.1 Å². The lowest BCUT2D eigenvalue weighted by Gasteiger charge is -2.09. The van der Waals surface area contributed by atoms with Crippen LogP contribution >= 0.6 is 15.9 Å². The number of nitro benzene ring substituents is 1. The van der Waals surface area contributed by atoms with Crippen LogP contribution in [-0.4, -0.2) is 11.0 Å². The fraction of sp³-hybridized carbons (Fsp3) is 0.455. The van der Waals surface area contributed by atoms with Crippen LogP contribution in [0.1, 0.15) is 20.3 Å². The largest absolute Gasteiger partial charge is 0.381 e. The van der Waals surface area contributed by atoms with Gasteiger partial charge in [-0.3, -0.25) is 10.1 Å². The number of non-ortho nitro benzene ring substituents is 1. The number of benzene rings is 1. The molecule has 1 aromatic rings. The Labute approximate surface area is 102 Å². The summed E-state index contributed by atoms with van der Waals surface area (Å²) in [7, 11) is 0. The quantitative estimate of drug-likeness (QED) is 0.682. The van der Waals surface area contributed by atoms with Crippen molar-refractivity contribution < 1.29 is 4.92 Å². The Hall–Kier alpha value is -1.10. The molecule has 4 nitrogen and oxygen atoms in total. The van der Waals surface area contributed by atoms with Gasteiger partial charge in [0.15, 0.2) is 0 Å². The summed E-state index contributed by atoms with van der Waals surface area (Å²) in [5, 5.41) is 13.9. The number of nitro groups is 1. The topological polar surface area (TPSA) is 55.2 Å². The fourth-order valence-electron chi connectivity index (χ4n) is 1.64. The van der Waals surface area contributed by atoms with Crippen molar-refractivity contribution in [3.63, 3.8) is 0 Å². The minimum atomic E-state index is -0.393. The van der Waals surface area contributed by atoms with E-state index in [-0.39, 0.29) is 5.69 Å². The number of anilines is 1. The van der Waals surface area contributed by atoms with Crippen molar-refractivity contribution in [2.24, 2.45) is 5.41 Å². The molecule has 1 aromatic carbocycles. The highest BCUT2D eigenvalue weighted by atomic mass is 79.9. The number of nitrogens with one attached hydrogen (secondary N) is 1. The van der Waals surface area contributed by atoms with Gasteiger partial charge < -0.3 is 5.32 Å². The molecule has 0 aliphatic heterocycles. The molecule has 5 heteroatoms. The minimum absolute atomic E-state index is 0.104. The zero-order chi connectivity index (χ0) is 11.9. The van der Waals surface area contributed by atoms with Crippen LogP contribution in [0.2, 0.25) is 0 Å². The fourth-order valence-corrected chi connectivity index (χ4v) is 2.12. The van der Waals surface area contributed by atoms with E-state index >= 15 is 0 Å². The van der Waals surface area contributed by atoms with Crippen molar-refractivity contribution in [3.05, 3.63) is 32.8 Å². The molecule has 1 aliphatic carbocycles. The molecular formula is C11H13BrN2O2. The third-order valence-electron chi connectivity index (χ3n) is 3.01. The number of hydrogen-bond donors (Lipinski definition) is 1. The third kappa shape index (κ3) is 2.19. The molecule has 1 saturated carbocycles. The number of hydrogen-bond acceptors (Lipinski definition) is 3. The molecule has 2 rings (SSSR count). The molecule has 86 valence electrons. The van der Waals surface area contributed by atoms with Gasteiger partial charge in [-0.25, -0.2) is 0 Å². The second-order valence-electron chi connectivity index (χ2n) is 4.81. The summed E-state index contributed by atoms with van der Waals surface area (Å²) < 4.78 is 0.740. The Balaban J connectivity index is 2.14. The van der Waals surface area contributed by atoms with Crippen LogP contribution in [0.15, 0.2) is 22.7 Å². The Morgan fingerprint density at radius 2 is 2.19 bits per heavy atom. The van der Waals surface area contributed by atoms with Gasteiger partial charge >= 0.3 is 0 Å². The molecule has 1 unspecified atom stereocenters. The van der Waals surface area contributed by atoms with E-state index in [1.54, 1.807) is 6.07 Å². The van der Waals surface area contributed by atoms with Crippen LogP contribution in [0.3, 0.4) is 0 Å². The average molecular weight is 285 g/mol. The lowest BCUT2D eigenvalue weighted by molar-refractivity contribution is -0.384. The number of nitrogens with zero attached hydrogens (tertiary/aromatic N) is 1. The molecular weight excluding hydrogens is 272 g/mol. The van der Waals surface area contributed by atoms with E-state index in [9.17, 15) is 10.1 Å². The summed E-state index contributed by atoms with van der Waals surface area (Å²) in [6, 6.07) is 5.25. The molecule has 0 bridgehead atoms. The summed E-state index contributed by atoms with van der Waals surface area (Å²) in [4.78, 5) is 10.2. The van der Waals surface area contributed by atoms with Gasteiger partial charge in [-0.15, -0.1) is 0 Å². The summed E-state index contributed by atoms with van der Waals surface area (Å²) in [5.74, 6) is 0. The lowest BCUT2D eigenvalue weighted by atomic mass is 10.2. The van der Waals surface area contributed by atoms with Gasteiger partial charge in [0.2, 0.25) is 0 Å². The predicted octanol–water partition coefficient (Wildman–Crippen LogP) is 3.57. The van der Waals surface area contributed by atoms with Crippen LogP contribution in [0.5, 0.6) is 0 Å². The van der Waals surface area contributed by atoms with Crippen LogP contribution < -0.4 is 5.32 Å². The zero-order valence-electron chi connectivity index (χ0n) is 9.16. The van der Waals surface area contributed by atoms with E-state index < -0.39 is 4.92 Å². The van der Waals surface area contributed by atoms with Gasteiger partial charge in [0.05, 0.1) is 4.92 Å². The lowest BCUT2D eigenvalue weighted by Crippen LogP contribution is -2.08. The molecule has 1 atom stereocenters. The van der Waals surface area contributed by atoms with Crippen LogP contribution in [0.4, 0.5) is 11.4 Å². The van der Waals surface area contributed by atoms with Crippen molar-refractivity contribution in [3.8, 4) is 0 Å². The molecule has 0 heterocycles. The third-order valence-corrected chi connectivity index (χ3v) is 3.66. The summed E-state index contributed by atoms with van der Waals surface area (Å²) in [5.41, 5.74) is 1.36. The molecule has 0 amide bonds. The van der Waals surface area contributed by atoms with Gasteiger partial charge in [0.25, 0.3) is 5.69 Å². The monoisotopic (exact) mass is 284 g/mol. The van der Waals surface area contributed by atoms with Crippen molar-refractivity contribution >= 4 is 27.3 Å². The maximum Gasteiger partial charge on any atom is 0.270 e. The Morgan fingerprint density at radius 1 is 1.56 bits per heavy atom. The molecule has 0 radical (unpaired) electrons. The first kappa shape index (κ1) is 11.4. The van der Waals surface area contributed by atoms with E-state index in [1.807, 2.05) is 0 Å². The van der Waals surface area contributed by atoms with Crippen LogP contribution in [0.25, 0.3) is 0 Å². The highest BCUT2D eigenvalue weighted by Gasteiger charge is 2.45. The van der Waals surface area contributed by atoms with Gasteiger partial charge in [0.1, 0.15) is 0 Å². The summed E-state index contributed by atoms with van der Waals surface area (Å²) in [6.07, 6.45) is 1.14. The summed E-state index contributed by atoms with van der Waals surface area (Å²) in [6.45, 7) is 4.40. The number of halogens is 1. The van der Waals surface area contributed by atoms with Gasteiger partial charge in [-0.1, -0.05) is 13.8 Å². The van der Waals surface area contributed by atoms with E-state index in [0.29, 0.717) is 11.5 Å². The van der Waals surface area contributed by atoms with E-state index in [4.69, 9.17) is 0 Å². The van der Waals surface area contributed by atoms with Crippen molar-refractivity contribution in [2.45, 2.75) is 26.3 Å². The van der Waals surface area contributed by atoms with Crippen molar-refractivity contribution in [1.29, 1.82) is 0 Å². The van der Waals surface area contributed by atoms with Gasteiger partial charge in [-0.2, -0.15) is 0 Å². The zero-order valence-corrected chi connectivity index (χ0v) is 10.7. The molecule has 0 aromatic heterocycles. The maximum absolute atomic E-state index is 10.6. The first-order chi connectivity index (χ1) is 7.40. The second-order valence-corrected chi connectivity index (χ2v) is 5.67. The van der Waals surface area contributed by atoms with Crippen LogP contribution in [0, 0.1) is 15.5 Å². The molecule has 0 spiro atoms. The maximum atomic E-state index is 10.6. The highest BCUT2D eigenvalue weighted by molar-refractivity contribution is 9.10. The summed E-state index contributed by atoms with van der Waals surface area (Å²) >= 11 is 3.34. The second kappa shape index (κ2) is 3.73. The highest BCUT2D eigenvalue weighted by Crippen LogP contribution is 2.47. The van der Waals surface area contributed by atoms with Crippen LogP contribution in [-0.2, 0) is 0 Å². The Morgan fingerprint density at radius 3 is 2.62 bits per heavy atom. The number of rotatable bonds is 3. The predicted molar refractivity (Wildman–Crippen MR) is 66.6 cm³/mol. The Kier molecular flexibility index (Phi) is 2.66. The molecule has 0 saturated heterocycles. The normalized spacial score (nSPS) is 21.6. The molecule has 16 heavy (non-hydrogen) atoms. The first-order valence-electron chi connectivity index (χ1n) is 5.10. The van der Waals surface area contributed by atoms with Crippen molar-refractivity contribution in [2.75, 3.05) is 5.32 Å². The van der Waals surface area contributed by atoms with Crippen molar-refractivity contribution in [1.82, 2.24) is 0 Å². The SMILES string of the molecule is CC1(C)CC1Nc1ccc([N+](=O)[O-])cc1Br.